The smallest absolute Gasteiger partial charge is 0.0511 e. The molecule has 4 heteroatoms. The van der Waals surface area contributed by atoms with Crippen LogP contribution in [0.4, 0.5) is 0 Å². The van der Waals surface area contributed by atoms with E-state index in [0.717, 1.165) is 0 Å². The molecule has 0 saturated heterocycles. The van der Waals surface area contributed by atoms with Crippen molar-refractivity contribution in [3.8, 4) is 0 Å². The summed E-state index contributed by atoms with van der Waals surface area (Å²) in [4.78, 5) is 0. The van der Waals surface area contributed by atoms with E-state index in [1.165, 1.54) is 0 Å². The molecule has 3 unspecified atom stereocenters. The van der Waals surface area contributed by atoms with Gasteiger partial charge in [0, 0.05) is 16.6 Å². The summed E-state index contributed by atoms with van der Waals surface area (Å²) in [5, 5.41) is -0.195. The number of hydrogen-bond acceptors (Lipinski definition) is 0. The molecule has 0 aromatic carbocycles. The van der Waals surface area contributed by atoms with Gasteiger partial charge in [-0.2, -0.15) is 0 Å². The molecule has 0 aliphatic rings. The normalized spacial score (nSPS) is 20.1. The van der Waals surface area contributed by atoms with Gasteiger partial charge in [0.1, 0.15) is 0 Å². The zero-order valence-corrected chi connectivity index (χ0v) is 8.68. The Kier molecular flexibility index (Phi) is 6.43. The second-order valence-corrected chi connectivity index (χ2v) is 4.36. The highest BCUT2D eigenvalue weighted by molar-refractivity contribution is 6.31. The monoisotopic (exact) mass is 222 g/mol. The quantitative estimate of drug-likeness (QED) is 0.641. The van der Waals surface area contributed by atoms with Crippen molar-refractivity contribution in [3.05, 3.63) is 0 Å². The van der Waals surface area contributed by atoms with Gasteiger partial charge in [0.25, 0.3) is 0 Å². The minimum absolute atomic E-state index is 0.0499. The highest BCUT2D eigenvalue weighted by Gasteiger charge is 2.15. The summed E-state index contributed by atoms with van der Waals surface area (Å²) in [6, 6.07) is 0. The minimum Gasteiger partial charge on any atom is -0.125 e. The summed E-state index contributed by atoms with van der Waals surface area (Å²) in [7, 11) is 0. The van der Waals surface area contributed by atoms with Crippen LogP contribution in [0.3, 0.4) is 0 Å². The lowest BCUT2D eigenvalue weighted by atomic mass is 10.2. The van der Waals surface area contributed by atoms with Crippen molar-refractivity contribution in [2.75, 3.05) is 5.88 Å². The molecule has 0 bridgehead atoms. The van der Waals surface area contributed by atoms with Gasteiger partial charge in [0.2, 0.25) is 0 Å². The van der Waals surface area contributed by atoms with Gasteiger partial charge in [-0.05, 0) is 13.3 Å². The van der Waals surface area contributed by atoms with Gasteiger partial charge < -0.3 is 0 Å². The molecule has 3 atom stereocenters. The highest BCUT2D eigenvalue weighted by atomic mass is 35.5. The van der Waals surface area contributed by atoms with Crippen LogP contribution in [-0.4, -0.2) is 22.0 Å². The summed E-state index contributed by atoms with van der Waals surface area (Å²) in [5.74, 6) is 0.425. The topological polar surface area (TPSA) is 0 Å². The Bertz CT molecular complexity index is 83.8. The molecular weight excluding hydrogens is 214 g/mol. The van der Waals surface area contributed by atoms with E-state index < -0.39 is 0 Å². The van der Waals surface area contributed by atoms with Crippen molar-refractivity contribution in [1.82, 2.24) is 0 Å². The Morgan fingerprint density at radius 2 is 1.70 bits per heavy atom. The van der Waals surface area contributed by atoms with Gasteiger partial charge in [-0.3, -0.25) is 0 Å². The van der Waals surface area contributed by atoms with Gasteiger partial charge in [0.05, 0.1) is 5.38 Å². The Morgan fingerprint density at radius 1 is 1.20 bits per heavy atom. The second-order valence-electron chi connectivity index (χ2n) is 2.18. The molecule has 0 aromatic heterocycles. The lowest BCUT2D eigenvalue weighted by Gasteiger charge is -2.13. The lowest BCUT2D eigenvalue weighted by molar-refractivity contribution is 0.725. The van der Waals surface area contributed by atoms with Crippen LogP contribution in [0.2, 0.25) is 0 Å². The van der Waals surface area contributed by atoms with E-state index in [1.807, 2.05) is 6.92 Å². The number of rotatable bonds is 4. The van der Waals surface area contributed by atoms with Crippen molar-refractivity contribution < 1.29 is 0 Å². The molecule has 0 aliphatic carbocycles. The van der Waals surface area contributed by atoms with Crippen LogP contribution in [0.1, 0.15) is 13.3 Å². The van der Waals surface area contributed by atoms with E-state index in [1.54, 1.807) is 0 Å². The summed E-state index contributed by atoms with van der Waals surface area (Å²) in [6.07, 6.45) is 0.664. The van der Waals surface area contributed by atoms with E-state index in [9.17, 15) is 0 Å². The number of halogens is 4. The third-order valence-corrected chi connectivity index (χ3v) is 3.00. The molecule has 0 rings (SSSR count). The number of hydrogen-bond donors (Lipinski definition) is 0. The summed E-state index contributed by atoms with van der Waals surface area (Å²) >= 11 is 22.7. The van der Waals surface area contributed by atoms with Crippen LogP contribution in [0.5, 0.6) is 0 Å². The van der Waals surface area contributed by atoms with Gasteiger partial charge >= 0.3 is 0 Å². The summed E-state index contributed by atoms with van der Waals surface area (Å²) < 4.78 is 0. The fourth-order valence-corrected chi connectivity index (χ4v) is 1.22. The van der Waals surface area contributed by atoms with E-state index in [4.69, 9.17) is 46.4 Å². The molecule has 0 aliphatic heterocycles. The fraction of sp³-hybridized carbons (Fsp3) is 1.00. The fourth-order valence-electron chi connectivity index (χ4n) is 0.495. The van der Waals surface area contributed by atoms with Crippen LogP contribution in [0.15, 0.2) is 0 Å². The molecule has 62 valence electrons. The maximum absolute atomic E-state index is 5.81. The molecule has 0 fully saturated rings. The van der Waals surface area contributed by atoms with Crippen LogP contribution in [-0.2, 0) is 0 Å². The maximum Gasteiger partial charge on any atom is 0.0511 e. The molecule has 0 amide bonds. The second kappa shape index (κ2) is 5.77. The molecule has 0 nitrogen and oxygen atoms in total. The zero-order chi connectivity index (χ0) is 8.15. The van der Waals surface area contributed by atoms with Gasteiger partial charge in [-0.25, -0.2) is 0 Å². The van der Waals surface area contributed by atoms with E-state index in [0.29, 0.717) is 12.3 Å². The first-order valence-corrected chi connectivity index (χ1v) is 4.90. The van der Waals surface area contributed by atoms with E-state index in [-0.39, 0.29) is 16.1 Å². The zero-order valence-electron chi connectivity index (χ0n) is 5.66. The van der Waals surface area contributed by atoms with Crippen LogP contribution < -0.4 is 0 Å². The molecule has 0 spiro atoms. The third-order valence-electron chi connectivity index (χ3n) is 1.15. The van der Waals surface area contributed by atoms with Crippen molar-refractivity contribution >= 4 is 46.4 Å². The SMILES string of the molecule is CC(Cl)C(Cl)CC(Cl)CCl. The number of alkyl halides is 4. The lowest BCUT2D eigenvalue weighted by Crippen LogP contribution is -2.17. The highest BCUT2D eigenvalue weighted by Crippen LogP contribution is 2.18. The first kappa shape index (κ1) is 11.2. The Balaban J connectivity index is 3.46. The first-order chi connectivity index (χ1) is 4.57. The van der Waals surface area contributed by atoms with Crippen molar-refractivity contribution in [2.24, 2.45) is 0 Å². The molecule has 10 heavy (non-hydrogen) atoms. The summed E-state index contributed by atoms with van der Waals surface area (Å²) in [5.41, 5.74) is 0. The Hall–Kier alpha value is 1.16. The predicted molar refractivity (Wildman–Crippen MR) is 49.9 cm³/mol. The van der Waals surface area contributed by atoms with Crippen LogP contribution in [0, 0.1) is 0 Å². The maximum atomic E-state index is 5.81. The van der Waals surface area contributed by atoms with Gasteiger partial charge in [-0.1, -0.05) is 0 Å². The molecule has 0 heterocycles. The van der Waals surface area contributed by atoms with Crippen molar-refractivity contribution in [1.29, 1.82) is 0 Å². The molecular formula is C6H10Cl4. The average Bonchev–Trinajstić information content (AvgIpc) is 1.87. The van der Waals surface area contributed by atoms with Crippen LogP contribution >= 0.6 is 46.4 Å². The van der Waals surface area contributed by atoms with Gasteiger partial charge in [0.15, 0.2) is 0 Å². The average molecular weight is 224 g/mol. The molecule has 0 saturated carbocycles. The molecule has 0 aromatic rings. The molecule has 0 N–H and O–H groups in total. The van der Waals surface area contributed by atoms with Crippen molar-refractivity contribution in [2.45, 2.75) is 29.5 Å². The predicted octanol–water partition coefficient (Wildman–Crippen LogP) is 3.46. The van der Waals surface area contributed by atoms with Crippen LogP contribution in [0.25, 0.3) is 0 Å². The van der Waals surface area contributed by atoms with E-state index in [2.05, 4.69) is 0 Å². The van der Waals surface area contributed by atoms with E-state index >= 15 is 0 Å². The van der Waals surface area contributed by atoms with Crippen molar-refractivity contribution in [3.63, 3.8) is 0 Å². The standard InChI is InChI=1S/C6H10Cl4/c1-4(8)6(10)2-5(9)3-7/h4-6H,2-3H2,1H3. The minimum atomic E-state index is -0.0806. The summed E-state index contributed by atoms with van der Waals surface area (Å²) in [6.45, 7) is 1.84. The third kappa shape index (κ3) is 4.90. The first-order valence-electron chi connectivity index (χ1n) is 3.06. The molecule has 0 radical (unpaired) electrons. The Labute approximate surface area is 81.8 Å². The largest absolute Gasteiger partial charge is 0.125 e. The van der Waals surface area contributed by atoms with Gasteiger partial charge in [-0.15, -0.1) is 46.4 Å². The Morgan fingerprint density at radius 3 is 2.00 bits per heavy atom.